The molecule has 1 heterocycles. The molecule has 0 aliphatic carbocycles. The van der Waals surface area contributed by atoms with Gasteiger partial charge in [-0.15, -0.1) is 0 Å². The molecule has 0 radical (unpaired) electrons. The van der Waals surface area contributed by atoms with Gasteiger partial charge in [-0.1, -0.05) is 28.1 Å². The van der Waals surface area contributed by atoms with Crippen molar-refractivity contribution in [3.05, 3.63) is 33.8 Å². The van der Waals surface area contributed by atoms with Crippen molar-refractivity contribution in [1.82, 2.24) is 10.2 Å². The van der Waals surface area contributed by atoms with Crippen LogP contribution in [-0.4, -0.2) is 37.6 Å². The molecular weight excluding hydrogens is 302 g/mol. The van der Waals surface area contributed by atoms with Gasteiger partial charge in [-0.25, -0.2) is 8.78 Å². The monoisotopic (exact) mass is 318 g/mol. The maximum absolute atomic E-state index is 12.6. The number of alkyl halides is 2. The highest BCUT2D eigenvalue weighted by Crippen LogP contribution is 2.28. The Balaban J connectivity index is 1.91. The predicted octanol–water partition coefficient (Wildman–Crippen LogP) is 2.83. The van der Waals surface area contributed by atoms with E-state index >= 15 is 0 Å². The smallest absolute Gasteiger partial charge is 0.264 e. The highest BCUT2D eigenvalue weighted by molar-refractivity contribution is 9.10. The number of nitrogens with one attached hydrogen (secondary N) is 1. The molecule has 0 aromatic heterocycles. The minimum absolute atomic E-state index is 0.0703. The summed E-state index contributed by atoms with van der Waals surface area (Å²) >= 11 is 3.21. The maximum Gasteiger partial charge on any atom is 0.264 e. The van der Waals surface area contributed by atoms with E-state index in [1.54, 1.807) is 6.07 Å². The second kappa shape index (κ2) is 6.59. The average Bonchev–Trinajstić information content (AvgIpc) is 2.37. The number of halogens is 3. The van der Waals surface area contributed by atoms with Gasteiger partial charge in [0.25, 0.3) is 6.43 Å². The zero-order valence-corrected chi connectivity index (χ0v) is 11.7. The van der Waals surface area contributed by atoms with Crippen LogP contribution in [0.1, 0.15) is 17.6 Å². The Morgan fingerprint density at radius 1 is 1.28 bits per heavy atom. The van der Waals surface area contributed by atoms with Crippen LogP contribution < -0.4 is 5.32 Å². The first-order valence-electron chi connectivity index (χ1n) is 6.16. The van der Waals surface area contributed by atoms with E-state index in [4.69, 9.17) is 0 Å². The van der Waals surface area contributed by atoms with E-state index in [9.17, 15) is 8.78 Å². The van der Waals surface area contributed by atoms with E-state index in [0.29, 0.717) is 4.47 Å². The van der Waals surface area contributed by atoms with Gasteiger partial charge in [-0.2, -0.15) is 0 Å². The molecule has 1 N–H and O–H groups in total. The molecule has 2 rings (SSSR count). The molecule has 1 aliphatic heterocycles. The molecule has 0 saturated carbocycles. The highest BCUT2D eigenvalue weighted by atomic mass is 79.9. The summed E-state index contributed by atoms with van der Waals surface area (Å²) in [5, 5.41) is 3.31. The lowest BCUT2D eigenvalue weighted by Crippen LogP contribution is -2.44. The molecule has 0 unspecified atom stereocenters. The maximum atomic E-state index is 12.6. The summed E-state index contributed by atoms with van der Waals surface area (Å²) in [6, 6.07) is 5.12. The summed E-state index contributed by atoms with van der Waals surface area (Å²) in [4.78, 5) is 2.39. The third kappa shape index (κ3) is 3.73. The summed E-state index contributed by atoms with van der Waals surface area (Å²) in [5.74, 6) is 0. The number of nitrogens with zero attached hydrogens (tertiary/aromatic N) is 1. The minimum atomic E-state index is -2.42. The van der Waals surface area contributed by atoms with Crippen molar-refractivity contribution >= 4 is 15.9 Å². The normalized spacial score (nSPS) is 17.3. The molecule has 5 heteroatoms. The van der Waals surface area contributed by atoms with Crippen molar-refractivity contribution in [2.75, 3.05) is 32.7 Å². The van der Waals surface area contributed by atoms with Crippen molar-refractivity contribution in [3.8, 4) is 0 Å². The molecule has 0 amide bonds. The topological polar surface area (TPSA) is 15.3 Å². The summed E-state index contributed by atoms with van der Waals surface area (Å²) in [6.45, 7) is 5.19. The highest BCUT2D eigenvalue weighted by Gasteiger charge is 2.13. The summed E-state index contributed by atoms with van der Waals surface area (Å²) in [7, 11) is 0. The first-order chi connectivity index (χ1) is 8.66. The molecule has 1 aromatic rings. The summed E-state index contributed by atoms with van der Waals surface area (Å²) in [6.07, 6.45) is -1.51. The predicted molar refractivity (Wildman–Crippen MR) is 72.1 cm³/mol. The fraction of sp³-hybridized carbons (Fsp3) is 0.538. The standard InChI is InChI=1S/C13H17BrF2N2/c14-12-9-10(1-2-11(12)13(15)16)3-6-18-7-4-17-5-8-18/h1-2,9,13,17H,3-8H2. The van der Waals surface area contributed by atoms with Crippen LogP contribution >= 0.6 is 15.9 Å². The number of piperazine rings is 1. The fourth-order valence-corrected chi connectivity index (χ4v) is 2.72. The van der Waals surface area contributed by atoms with Gasteiger partial charge in [-0.05, 0) is 18.1 Å². The van der Waals surface area contributed by atoms with Crippen LogP contribution in [0.25, 0.3) is 0 Å². The van der Waals surface area contributed by atoms with Gasteiger partial charge >= 0.3 is 0 Å². The first kappa shape index (κ1) is 13.9. The summed E-state index contributed by atoms with van der Waals surface area (Å²) < 4.78 is 25.7. The van der Waals surface area contributed by atoms with Gasteiger partial charge in [-0.3, -0.25) is 0 Å². The van der Waals surface area contributed by atoms with E-state index in [1.807, 2.05) is 6.07 Å². The Bertz CT molecular complexity index is 393. The third-order valence-corrected chi connectivity index (χ3v) is 3.91. The zero-order chi connectivity index (χ0) is 13.0. The van der Waals surface area contributed by atoms with Crippen molar-refractivity contribution in [2.24, 2.45) is 0 Å². The van der Waals surface area contributed by atoms with E-state index in [0.717, 1.165) is 44.7 Å². The molecule has 1 fully saturated rings. The van der Waals surface area contributed by atoms with Crippen molar-refractivity contribution in [2.45, 2.75) is 12.8 Å². The van der Waals surface area contributed by atoms with Crippen LogP contribution in [0, 0.1) is 0 Å². The SMILES string of the molecule is FC(F)c1ccc(CCN2CCNCC2)cc1Br. The van der Waals surface area contributed by atoms with Crippen LogP contribution in [0.15, 0.2) is 22.7 Å². The van der Waals surface area contributed by atoms with Gasteiger partial charge in [0.1, 0.15) is 0 Å². The van der Waals surface area contributed by atoms with E-state index in [1.165, 1.54) is 6.07 Å². The van der Waals surface area contributed by atoms with Gasteiger partial charge < -0.3 is 10.2 Å². The quantitative estimate of drug-likeness (QED) is 0.918. The largest absolute Gasteiger partial charge is 0.314 e. The van der Waals surface area contributed by atoms with Crippen LogP contribution in [0.3, 0.4) is 0 Å². The lowest BCUT2D eigenvalue weighted by atomic mass is 10.1. The number of benzene rings is 1. The van der Waals surface area contributed by atoms with Gasteiger partial charge in [0.2, 0.25) is 0 Å². The minimum Gasteiger partial charge on any atom is -0.314 e. The second-order valence-electron chi connectivity index (χ2n) is 4.50. The average molecular weight is 319 g/mol. The van der Waals surface area contributed by atoms with E-state index in [2.05, 4.69) is 26.1 Å². The number of hydrogen-bond acceptors (Lipinski definition) is 2. The molecule has 1 aromatic carbocycles. The molecule has 100 valence electrons. The summed E-state index contributed by atoms with van der Waals surface area (Å²) in [5.41, 5.74) is 1.17. The van der Waals surface area contributed by atoms with Crippen molar-refractivity contribution < 1.29 is 8.78 Å². The Hall–Kier alpha value is -0.520. The lowest BCUT2D eigenvalue weighted by molar-refractivity contribution is 0.150. The Kier molecular flexibility index (Phi) is 5.09. The second-order valence-corrected chi connectivity index (χ2v) is 5.35. The number of hydrogen-bond donors (Lipinski definition) is 1. The zero-order valence-electron chi connectivity index (χ0n) is 10.1. The Labute approximate surface area is 114 Å². The van der Waals surface area contributed by atoms with E-state index in [-0.39, 0.29) is 5.56 Å². The Morgan fingerprint density at radius 2 is 2.00 bits per heavy atom. The fourth-order valence-electron chi connectivity index (χ4n) is 2.13. The molecule has 1 saturated heterocycles. The van der Waals surface area contributed by atoms with Crippen LogP contribution in [-0.2, 0) is 6.42 Å². The molecule has 0 bridgehead atoms. The van der Waals surface area contributed by atoms with Gasteiger partial charge in [0.15, 0.2) is 0 Å². The van der Waals surface area contributed by atoms with Crippen molar-refractivity contribution in [3.63, 3.8) is 0 Å². The lowest BCUT2D eigenvalue weighted by Gasteiger charge is -2.27. The first-order valence-corrected chi connectivity index (χ1v) is 6.95. The molecule has 0 atom stereocenters. The van der Waals surface area contributed by atoms with Crippen LogP contribution in [0.2, 0.25) is 0 Å². The van der Waals surface area contributed by atoms with Crippen LogP contribution in [0.4, 0.5) is 8.78 Å². The molecule has 1 aliphatic rings. The molecular formula is C13H17BrF2N2. The number of rotatable bonds is 4. The van der Waals surface area contributed by atoms with E-state index < -0.39 is 6.43 Å². The molecule has 18 heavy (non-hydrogen) atoms. The molecule has 0 spiro atoms. The van der Waals surface area contributed by atoms with Crippen LogP contribution in [0.5, 0.6) is 0 Å². The van der Waals surface area contributed by atoms with Gasteiger partial charge in [0, 0.05) is 42.8 Å². The third-order valence-electron chi connectivity index (χ3n) is 3.23. The van der Waals surface area contributed by atoms with Crippen molar-refractivity contribution in [1.29, 1.82) is 0 Å². The van der Waals surface area contributed by atoms with Gasteiger partial charge in [0.05, 0.1) is 0 Å². The Morgan fingerprint density at radius 3 is 2.61 bits per heavy atom. The molecule has 2 nitrogen and oxygen atoms in total.